The van der Waals surface area contributed by atoms with E-state index in [1.54, 1.807) is 7.11 Å². The van der Waals surface area contributed by atoms with Gasteiger partial charge in [0, 0.05) is 32.9 Å². The number of hydrogen-bond acceptors (Lipinski definition) is 3. The van der Waals surface area contributed by atoms with E-state index in [2.05, 4.69) is 25.2 Å². The third kappa shape index (κ3) is 5.44. The molecule has 21 heavy (non-hydrogen) atoms. The number of hydrogen-bond donors (Lipinski definition) is 1. The summed E-state index contributed by atoms with van der Waals surface area (Å²) in [5.74, 6) is 1.46. The van der Waals surface area contributed by atoms with Crippen LogP contribution < -0.4 is 10.1 Å². The molecule has 0 aliphatic carbocycles. The highest BCUT2D eigenvalue weighted by Crippen LogP contribution is 2.28. The largest absolute Gasteiger partial charge is 0.496 e. The second-order valence-corrected chi connectivity index (χ2v) is 8.63. The zero-order valence-electron chi connectivity index (χ0n) is 14.2. The van der Waals surface area contributed by atoms with Gasteiger partial charge in [-0.05, 0) is 46.7 Å². The number of aryl methyl sites for hydroxylation is 1. The molecule has 1 rings (SSSR count). The molecule has 120 valence electrons. The first-order valence-electron chi connectivity index (χ1n) is 7.56. The molecular weight excluding hydrogens is 282 g/mol. The number of ether oxygens (including phenoxy) is 1. The van der Waals surface area contributed by atoms with Crippen molar-refractivity contribution in [1.82, 2.24) is 5.32 Å². The first-order valence-corrected chi connectivity index (χ1v) is 8.88. The Balaban J connectivity index is 3.07. The van der Waals surface area contributed by atoms with E-state index in [0.29, 0.717) is 5.75 Å². The highest BCUT2D eigenvalue weighted by Gasteiger charge is 2.25. The highest BCUT2D eigenvalue weighted by atomic mass is 32.2. The lowest BCUT2D eigenvalue weighted by atomic mass is 10.0. The van der Waals surface area contributed by atoms with Crippen LogP contribution in [0.3, 0.4) is 0 Å². The van der Waals surface area contributed by atoms with Crippen molar-refractivity contribution in [2.24, 2.45) is 0 Å². The van der Waals surface area contributed by atoms with Crippen molar-refractivity contribution in [1.29, 1.82) is 0 Å². The van der Waals surface area contributed by atoms with Gasteiger partial charge in [-0.15, -0.1) is 0 Å². The number of benzene rings is 1. The monoisotopic (exact) mass is 311 g/mol. The number of rotatable bonds is 7. The molecule has 1 aromatic carbocycles. The molecule has 0 aliphatic heterocycles. The van der Waals surface area contributed by atoms with E-state index in [0.717, 1.165) is 24.3 Å². The summed E-state index contributed by atoms with van der Waals surface area (Å²) in [5.41, 5.74) is 2.29. The molecule has 2 atom stereocenters. The zero-order chi connectivity index (χ0) is 16.0. The highest BCUT2D eigenvalue weighted by molar-refractivity contribution is 7.86. The Morgan fingerprint density at radius 3 is 2.52 bits per heavy atom. The predicted octanol–water partition coefficient (Wildman–Crippen LogP) is 3.59. The van der Waals surface area contributed by atoms with Gasteiger partial charge in [0.1, 0.15) is 5.75 Å². The average Bonchev–Trinajstić information content (AvgIpc) is 2.42. The number of methoxy groups -OCH3 is 1. The lowest BCUT2D eigenvalue weighted by molar-refractivity contribution is 0.401. The summed E-state index contributed by atoms with van der Waals surface area (Å²) < 4.78 is 17.8. The van der Waals surface area contributed by atoms with Gasteiger partial charge in [-0.1, -0.05) is 24.6 Å². The number of nitrogens with one attached hydrogen (secondary N) is 1. The van der Waals surface area contributed by atoms with E-state index in [9.17, 15) is 4.21 Å². The van der Waals surface area contributed by atoms with Gasteiger partial charge in [-0.25, -0.2) is 0 Å². The van der Waals surface area contributed by atoms with Crippen LogP contribution in [0.2, 0.25) is 0 Å². The van der Waals surface area contributed by atoms with E-state index in [1.807, 2.05) is 32.9 Å². The Labute approximate surface area is 131 Å². The van der Waals surface area contributed by atoms with Gasteiger partial charge in [0.15, 0.2) is 0 Å². The summed E-state index contributed by atoms with van der Waals surface area (Å²) >= 11 is 0. The summed E-state index contributed by atoms with van der Waals surface area (Å²) in [6.07, 6.45) is 1.05. The molecule has 0 heterocycles. The van der Waals surface area contributed by atoms with Crippen molar-refractivity contribution in [3.63, 3.8) is 0 Å². The predicted molar refractivity (Wildman–Crippen MR) is 91.5 cm³/mol. The minimum absolute atomic E-state index is 0.0554. The fourth-order valence-electron chi connectivity index (χ4n) is 2.10. The molecule has 1 N–H and O–H groups in total. The standard InChI is InChI=1S/C17H29NO2S/c1-7-10-18-15(12-21(19)17(3,4)5)14-11-13(2)8-9-16(14)20-6/h8-9,11,15,18H,7,10,12H2,1-6H3. The molecule has 3 nitrogen and oxygen atoms in total. The molecule has 2 unspecified atom stereocenters. The van der Waals surface area contributed by atoms with Crippen molar-refractivity contribution in [2.45, 2.75) is 51.8 Å². The Hall–Kier alpha value is -0.870. The lowest BCUT2D eigenvalue weighted by Gasteiger charge is -2.25. The van der Waals surface area contributed by atoms with Gasteiger partial charge in [0.2, 0.25) is 0 Å². The van der Waals surface area contributed by atoms with Gasteiger partial charge in [0.25, 0.3) is 0 Å². The summed E-state index contributed by atoms with van der Waals surface area (Å²) in [6, 6.07) is 6.22. The van der Waals surface area contributed by atoms with Gasteiger partial charge in [-0.2, -0.15) is 0 Å². The molecule has 0 amide bonds. The maximum Gasteiger partial charge on any atom is 0.123 e. The van der Waals surface area contributed by atoms with Gasteiger partial charge < -0.3 is 10.1 Å². The second kappa shape index (κ2) is 7.95. The lowest BCUT2D eigenvalue weighted by Crippen LogP contribution is -2.33. The zero-order valence-corrected chi connectivity index (χ0v) is 15.0. The Morgan fingerprint density at radius 1 is 1.33 bits per heavy atom. The molecule has 0 saturated carbocycles. The minimum Gasteiger partial charge on any atom is -0.496 e. The van der Waals surface area contributed by atoms with Crippen LogP contribution in [0.15, 0.2) is 18.2 Å². The van der Waals surface area contributed by atoms with Crippen molar-refractivity contribution in [3.8, 4) is 5.75 Å². The summed E-state index contributed by atoms with van der Waals surface area (Å²) in [5, 5.41) is 3.52. The fraction of sp³-hybridized carbons (Fsp3) is 0.647. The smallest absolute Gasteiger partial charge is 0.123 e. The average molecular weight is 311 g/mol. The maximum atomic E-state index is 12.5. The van der Waals surface area contributed by atoms with Crippen LogP contribution in [0.1, 0.15) is 51.3 Å². The van der Waals surface area contributed by atoms with E-state index < -0.39 is 10.8 Å². The SMILES string of the molecule is CCCNC(CS(=O)C(C)(C)C)c1cc(C)ccc1OC. The first-order chi connectivity index (χ1) is 9.79. The molecule has 0 aromatic heterocycles. The van der Waals surface area contributed by atoms with E-state index in [4.69, 9.17) is 4.74 Å². The third-order valence-electron chi connectivity index (χ3n) is 3.40. The van der Waals surface area contributed by atoms with Crippen molar-refractivity contribution >= 4 is 10.8 Å². The van der Waals surface area contributed by atoms with Crippen molar-refractivity contribution in [2.75, 3.05) is 19.4 Å². The van der Waals surface area contributed by atoms with Crippen LogP contribution in [-0.4, -0.2) is 28.4 Å². The van der Waals surface area contributed by atoms with E-state index in [-0.39, 0.29) is 10.8 Å². The topological polar surface area (TPSA) is 38.3 Å². The first kappa shape index (κ1) is 18.2. The van der Waals surface area contributed by atoms with E-state index >= 15 is 0 Å². The van der Waals surface area contributed by atoms with Crippen molar-refractivity contribution in [3.05, 3.63) is 29.3 Å². The maximum absolute atomic E-state index is 12.5. The molecule has 0 fully saturated rings. The Bertz CT molecular complexity index is 480. The minimum atomic E-state index is -0.906. The van der Waals surface area contributed by atoms with Crippen LogP contribution in [0.4, 0.5) is 0 Å². The van der Waals surface area contributed by atoms with Gasteiger partial charge in [0.05, 0.1) is 7.11 Å². The quantitative estimate of drug-likeness (QED) is 0.836. The van der Waals surface area contributed by atoms with Crippen LogP contribution >= 0.6 is 0 Å². The molecule has 1 aromatic rings. The van der Waals surface area contributed by atoms with Crippen LogP contribution in [0.25, 0.3) is 0 Å². The molecule has 0 radical (unpaired) electrons. The van der Waals surface area contributed by atoms with E-state index in [1.165, 1.54) is 5.56 Å². The van der Waals surface area contributed by atoms with Crippen LogP contribution in [-0.2, 0) is 10.8 Å². The molecule has 0 bridgehead atoms. The summed E-state index contributed by atoms with van der Waals surface area (Å²) in [7, 11) is 0.780. The van der Waals surface area contributed by atoms with Crippen LogP contribution in [0.5, 0.6) is 5.75 Å². The second-order valence-electron chi connectivity index (χ2n) is 6.38. The third-order valence-corrected chi connectivity index (χ3v) is 5.40. The molecule has 0 aliphatic rings. The molecule has 0 saturated heterocycles. The van der Waals surface area contributed by atoms with Crippen LogP contribution in [0, 0.1) is 6.92 Å². The van der Waals surface area contributed by atoms with Gasteiger partial charge in [-0.3, -0.25) is 4.21 Å². The Morgan fingerprint density at radius 2 is 2.00 bits per heavy atom. The normalized spacial score (nSPS) is 14.8. The molecule has 0 spiro atoms. The van der Waals surface area contributed by atoms with Crippen molar-refractivity contribution < 1.29 is 8.95 Å². The summed E-state index contributed by atoms with van der Waals surface area (Å²) in [4.78, 5) is 0. The Kier molecular flexibility index (Phi) is 6.88. The fourth-order valence-corrected chi connectivity index (χ4v) is 3.20. The van der Waals surface area contributed by atoms with Gasteiger partial charge >= 0.3 is 0 Å². The molecule has 4 heteroatoms. The summed E-state index contributed by atoms with van der Waals surface area (Å²) in [6.45, 7) is 11.2. The molecular formula is C17H29NO2S.